The fourth-order valence-electron chi connectivity index (χ4n) is 4.05. The van der Waals surface area contributed by atoms with Crippen molar-refractivity contribution in [1.29, 1.82) is 0 Å². The number of benzene rings is 3. The molecule has 3 aromatic rings. The van der Waals surface area contributed by atoms with Crippen molar-refractivity contribution in [2.45, 2.75) is 25.7 Å². The van der Waals surface area contributed by atoms with Gasteiger partial charge in [0.05, 0.1) is 0 Å². The molecule has 0 spiro atoms. The van der Waals surface area contributed by atoms with E-state index in [9.17, 15) is 9.59 Å². The number of nitrogens with one attached hydrogen (secondary N) is 2. The van der Waals surface area contributed by atoms with Gasteiger partial charge < -0.3 is 19.7 Å². The van der Waals surface area contributed by atoms with Crippen molar-refractivity contribution in [2.24, 2.45) is 0 Å². The van der Waals surface area contributed by atoms with Gasteiger partial charge in [-0.2, -0.15) is 0 Å². The summed E-state index contributed by atoms with van der Waals surface area (Å²) >= 11 is 5.31. The summed E-state index contributed by atoms with van der Waals surface area (Å²) in [5.41, 5.74) is 1.76. The minimum absolute atomic E-state index is 0.0538. The number of nitrogens with zero attached hydrogens (tertiary/aromatic N) is 1. The molecular weight excluding hydrogens is 486 g/mol. The minimum atomic E-state index is -0.351. The summed E-state index contributed by atoms with van der Waals surface area (Å²) in [6, 6.07) is 23.5. The van der Waals surface area contributed by atoms with Gasteiger partial charge in [-0.05, 0) is 79.7 Å². The smallest absolute Gasteiger partial charge is 0.257 e. The van der Waals surface area contributed by atoms with Crippen LogP contribution in [0.4, 0.5) is 5.69 Å². The first-order valence-electron chi connectivity index (χ1n) is 12.5. The second-order valence-corrected chi connectivity index (χ2v) is 9.14. The molecule has 37 heavy (non-hydrogen) atoms. The lowest BCUT2D eigenvalue weighted by molar-refractivity contribution is 0.0761. The number of carbonyl (C=O) groups excluding carboxylic acids is 2. The molecule has 1 heterocycles. The molecule has 0 saturated carbocycles. The molecule has 1 aliphatic heterocycles. The Balaban J connectivity index is 1.24. The highest BCUT2D eigenvalue weighted by molar-refractivity contribution is 7.80. The molecular formula is C29H31N3O4S. The van der Waals surface area contributed by atoms with E-state index in [0.717, 1.165) is 31.7 Å². The number of carbonyl (C=O) groups is 2. The molecule has 0 aliphatic carbocycles. The normalized spacial score (nSPS) is 13.2. The Morgan fingerprint density at radius 1 is 0.757 bits per heavy atom. The van der Waals surface area contributed by atoms with Crippen LogP contribution in [0.2, 0.25) is 0 Å². The molecule has 0 unspecified atom stereocenters. The maximum atomic E-state index is 12.8. The Hall–Kier alpha value is -3.91. The number of amides is 2. The quantitative estimate of drug-likeness (QED) is 0.312. The van der Waals surface area contributed by atoms with Crippen LogP contribution in [0.15, 0.2) is 78.9 Å². The molecule has 3 aromatic carbocycles. The van der Waals surface area contributed by atoms with Crippen molar-refractivity contribution >= 4 is 34.8 Å². The molecule has 4 rings (SSSR count). The van der Waals surface area contributed by atoms with E-state index in [1.165, 1.54) is 12.8 Å². The number of ether oxygens (including phenoxy) is 2. The van der Waals surface area contributed by atoms with Crippen LogP contribution in [0.25, 0.3) is 0 Å². The molecule has 1 aliphatic rings. The van der Waals surface area contributed by atoms with E-state index in [1.54, 1.807) is 48.5 Å². The third-order valence-corrected chi connectivity index (χ3v) is 6.17. The summed E-state index contributed by atoms with van der Waals surface area (Å²) in [4.78, 5) is 27.4. The number of hydrogen-bond donors (Lipinski definition) is 2. The maximum Gasteiger partial charge on any atom is 0.257 e. The van der Waals surface area contributed by atoms with E-state index in [0.29, 0.717) is 35.8 Å². The average Bonchev–Trinajstić information content (AvgIpc) is 3.22. The van der Waals surface area contributed by atoms with Crippen LogP contribution in [0.5, 0.6) is 11.5 Å². The first kappa shape index (κ1) is 26.2. The van der Waals surface area contributed by atoms with Crippen LogP contribution in [0.1, 0.15) is 46.4 Å². The summed E-state index contributed by atoms with van der Waals surface area (Å²) in [5.74, 6) is 1.04. The summed E-state index contributed by atoms with van der Waals surface area (Å²) in [7, 11) is 0. The van der Waals surface area contributed by atoms with Crippen molar-refractivity contribution in [2.75, 3.05) is 31.6 Å². The van der Waals surface area contributed by atoms with Crippen molar-refractivity contribution in [3.63, 3.8) is 0 Å². The first-order valence-corrected chi connectivity index (χ1v) is 12.9. The highest BCUT2D eigenvalue weighted by atomic mass is 32.1. The Morgan fingerprint density at radius 2 is 1.41 bits per heavy atom. The molecule has 7 nitrogen and oxygen atoms in total. The van der Waals surface area contributed by atoms with E-state index in [4.69, 9.17) is 21.7 Å². The molecule has 0 radical (unpaired) electrons. The lowest BCUT2D eigenvalue weighted by Crippen LogP contribution is -2.34. The van der Waals surface area contributed by atoms with Gasteiger partial charge in [-0.25, -0.2) is 0 Å². The van der Waals surface area contributed by atoms with E-state index in [-0.39, 0.29) is 16.9 Å². The third-order valence-electron chi connectivity index (χ3n) is 5.97. The van der Waals surface area contributed by atoms with Crippen LogP contribution in [-0.2, 0) is 0 Å². The van der Waals surface area contributed by atoms with Crippen molar-refractivity contribution in [3.05, 3.63) is 90.0 Å². The van der Waals surface area contributed by atoms with E-state index < -0.39 is 0 Å². The predicted octanol–water partition coefficient (Wildman–Crippen LogP) is 5.29. The average molecular weight is 518 g/mol. The summed E-state index contributed by atoms with van der Waals surface area (Å²) in [5, 5.41) is 5.85. The fourth-order valence-corrected chi connectivity index (χ4v) is 4.26. The SMILES string of the molecule is O=C(NC(=S)Nc1ccc(C(=O)N2CCCCCC2)cc1)c1cccc(OCCOc2ccccc2)c1. The van der Waals surface area contributed by atoms with Crippen LogP contribution >= 0.6 is 12.2 Å². The Labute approximate surface area is 222 Å². The zero-order valence-corrected chi connectivity index (χ0v) is 21.5. The van der Waals surface area contributed by atoms with Gasteiger partial charge in [-0.15, -0.1) is 0 Å². The van der Waals surface area contributed by atoms with Crippen LogP contribution in [-0.4, -0.2) is 48.1 Å². The lowest BCUT2D eigenvalue weighted by Gasteiger charge is -2.20. The molecule has 0 aromatic heterocycles. The van der Waals surface area contributed by atoms with Gasteiger partial charge >= 0.3 is 0 Å². The second kappa shape index (κ2) is 13.4. The highest BCUT2D eigenvalue weighted by Crippen LogP contribution is 2.17. The number of thiocarbonyl (C=S) groups is 1. The first-order chi connectivity index (χ1) is 18.1. The molecule has 192 valence electrons. The van der Waals surface area contributed by atoms with E-state index in [1.807, 2.05) is 35.2 Å². The van der Waals surface area contributed by atoms with Crippen molar-refractivity contribution < 1.29 is 19.1 Å². The van der Waals surface area contributed by atoms with Crippen LogP contribution in [0.3, 0.4) is 0 Å². The molecule has 8 heteroatoms. The molecule has 2 amide bonds. The number of para-hydroxylation sites is 1. The fraction of sp³-hybridized carbons (Fsp3) is 0.276. The molecule has 1 saturated heterocycles. The van der Waals surface area contributed by atoms with E-state index >= 15 is 0 Å². The Kier molecular flexibility index (Phi) is 9.48. The van der Waals surface area contributed by atoms with Gasteiger partial charge in [0.25, 0.3) is 11.8 Å². The van der Waals surface area contributed by atoms with E-state index in [2.05, 4.69) is 10.6 Å². The van der Waals surface area contributed by atoms with Gasteiger partial charge in [-0.1, -0.05) is 37.1 Å². The zero-order valence-electron chi connectivity index (χ0n) is 20.7. The number of rotatable bonds is 8. The number of likely N-dealkylation sites (tertiary alicyclic amines) is 1. The standard InChI is InChI=1S/C29H31N3O4S/c33-27(23-9-8-12-26(21-23)36-20-19-35-25-10-4-3-5-11-25)31-29(37)30-24-15-13-22(14-16-24)28(34)32-17-6-1-2-7-18-32/h3-5,8-16,21H,1-2,6-7,17-20H2,(H2,30,31,33,37). The van der Waals surface area contributed by atoms with Gasteiger partial charge in [0.2, 0.25) is 0 Å². The highest BCUT2D eigenvalue weighted by Gasteiger charge is 2.17. The van der Waals surface area contributed by atoms with Crippen molar-refractivity contribution in [1.82, 2.24) is 10.2 Å². The van der Waals surface area contributed by atoms with Crippen LogP contribution in [0, 0.1) is 0 Å². The molecule has 2 N–H and O–H groups in total. The summed E-state index contributed by atoms with van der Waals surface area (Å²) < 4.78 is 11.3. The van der Waals surface area contributed by atoms with Gasteiger partial charge in [-0.3, -0.25) is 14.9 Å². The monoisotopic (exact) mass is 517 g/mol. The molecule has 0 atom stereocenters. The topological polar surface area (TPSA) is 79.9 Å². The minimum Gasteiger partial charge on any atom is -0.490 e. The molecule has 1 fully saturated rings. The molecule has 0 bridgehead atoms. The summed E-state index contributed by atoms with van der Waals surface area (Å²) in [6.45, 7) is 2.35. The summed E-state index contributed by atoms with van der Waals surface area (Å²) in [6.07, 6.45) is 4.46. The lowest BCUT2D eigenvalue weighted by atomic mass is 10.1. The Morgan fingerprint density at radius 3 is 2.11 bits per heavy atom. The largest absolute Gasteiger partial charge is 0.490 e. The number of hydrogen-bond acceptors (Lipinski definition) is 5. The maximum absolute atomic E-state index is 12.8. The third kappa shape index (κ3) is 8.05. The van der Waals surface area contributed by atoms with Gasteiger partial charge in [0.1, 0.15) is 24.7 Å². The Bertz CT molecular complexity index is 1190. The van der Waals surface area contributed by atoms with Gasteiger partial charge in [0, 0.05) is 29.9 Å². The van der Waals surface area contributed by atoms with Gasteiger partial charge in [0.15, 0.2) is 5.11 Å². The zero-order chi connectivity index (χ0) is 25.9. The van der Waals surface area contributed by atoms with Crippen LogP contribution < -0.4 is 20.1 Å². The predicted molar refractivity (Wildman–Crippen MR) is 148 cm³/mol. The second-order valence-electron chi connectivity index (χ2n) is 8.73. The number of anilines is 1. The van der Waals surface area contributed by atoms with Crippen molar-refractivity contribution in [3.8, 4) is 11.5 Å².